The Morgan fingerprint density at radius 2 is 0.776 bits per heavy atom. The van der Waals surface area contributed by atoms with E-state index in [0.29, 0.717) is 0 Å². The molecule has 0 aliphatic heterocycles. The Hall–Kier alpha value is -7.22. The van der Waals surface area contributed by atoms with Crippen LogP contribution in [0.25, 0.3) is 104 Å². The molecule has 0 radical (unpaired) electrons. The molecule has 0 amide bonds. The zero-order chi connectivity index (χ0) is 38.5. The molecule has 0 N–H and O–H groups in total. The maximum atomic E-state index is 2.43. The molecule has 1 aliphatic rings. The molecule has 11 aromatic rings. The standard InChI is InChI=1S/C57H39N/c1-57(2)53-23-9-7-21-48(53)49-29-26-41(35-54(49)57)37-14-11-13-36(31-37)40-27-30-56-52(34-40)50-22-8-10-24-55(50)58(56)42-16-12-15-38(32-42)39-25-28-47-45-19-4-3-17-43(45)44-18-5-6-20-46(44)51(47)33-39/h3-35H,1-2H3. The molecule has 0 saturated heterocycles. The maximum Gasteiger partial charge on any atom is 0.0541 e. The monoisotopic (exact) mass is 737 g/mol. The van der Waals surface area contributed by atoms with Crippen LogP contribution in [-0.2, 0) is 5.41 Å². The van der Waals surface area contributed by atoms with Crippen molar-refractivity contribution >= 4 is 54.1 Å². The summed E-state index contributed by atoms with van der Waals surface area (Å²) in [5.41, 5.74) is 16.4. The molecule has 0 atom stereocenters. The van der Waals surface area contributed by atoms with Crippen molar-refractivity contribution < 1.29 is 0 Å². The van der Waals surface area contributed by atoms with Crippen LogP contribution >= 0.6 is 0 Å². The maximum absolute atomic E-state index is 2.43. The molecule has 0 unspecified atom stereocenters. The summed E-state index contributed by atoms with van der Waals surface area (Å²) in [6.45, 7) is 4.71. The van der Waals surface area contributed by atoms with E-state index in [2.05, 4.69) is 219 Å². The van der Waals surface area contributed by atoms with Gasteiger partial charge in [-0.05, 0) is 136 Å². The third-order valence-electron chi connectivity index (χ3n) is 13.0. The predicted molar refractivity (Wildman–Crippen MR) is 247 cm³/mol. The smallest absolute Gasteiger partial charge is 0.0541 e. The van der Waals surface area contributed by atoms with E-state index in [-0.39, 0.29) is 5.41 Å². The Labute approximate surface area is 338 Å². The van der Waals surface area contributed by atoms with E-state index in [1.807, 2.05) is 0 Å². The zero-order valence-electron chi connectivity index (χ0n) is 32.5. The second kappa shape index (κ2) is 12.4. The SMILES string of the molecule is CC1(C)c2ccccc2-c2ccc(-c3cccc(-c4ccc5c(c4)c4ccccc4n5-c4cccc(-c5ccc6c7ccccc7c7ccccc7c6c5)c4)c3)cc21. The minimum atomic E-state index is -0.0297. The highest BCUT2D eigenvalue weighted by atomic mass is 15.0. The third kappa shape index (κ3) is 4.83. The van der Waals surface area contributed by atoms with Gasteiger partial charge < -0.3 is 4.57 Å². The fourth-order valence-corrected chi connectivity index (χ4v) is 10.1. The number of para-hydroxylation sites is 1. The molecule has 1 aliphatic carbocycles. The lowest BCUT2D eigenvalue weighted by atomic mass is 9.81. The molecule has 272 valence electrons. The van der Waals surface area contributed by atoms with Crippen molar-refractivity contribution in [3.63, 3.8) is 0 Å². The van der Waals surface area contributed by atoms with Gasteiger partial charge in [0.15, 0.2) is 0 Å². The number of hydrogen-bond acceptors (Lipinski definition) is 0. The van der Waals surface area contributed by atoms with E-state index in [4.69, 9.17) is 0 Å². The van der Waals surface area contributed by atoms with Gasteiger partial charge in [-0.1, -0.05) is 166 Å². The van der Waals surface area contributed by atoms with Crippen LogP contribution < -0.4 is 0 Å². The molecular formula is C57H39N. The van der Waals surface area contributed by atoms with E-state index in [1.165, 1.54) is 110 Å². The first kappa shape index (κ1) is 33.0. The number of nitrogens with zero attached hydrogens (tertiary/aromatic N) is 1. The lowest BCUT2D eigenvalue weighted by Gasteiger charge is -2.22. The molecule has 1 heterocycles. The topological polar surface area (TPSA) is 4.93 Å². The van der Waals surface area contributed by atoms with Crippen molar-refractivity contribution in [3.05, 3.63) is 211 Å². The summed E-state index contributed by atoms with van der Waals surface area (Å²) in [7, 11) is 0. The zero-order valence-corrected chi connectivity index (χ0v) is 32.5. The molecule has 1 heteroatoms. The average Bonchev–Trinajstić information content (AvgIpc) is 3.74. The summed E-state index contributed by atoms with van der Waals surface area (Å²) in [6, 6.07) is 74.4. The molecule has 0 spiro atoms. The van der Waals surface area contributed by atoms with Crippen molar-refractivity contribution in [2.24, 2.45) is 0 Å². The van der Waals surface area contributed by atoms with Crippen LogP contribution in [-0.4, -0.2) is 4.57 Å². The van der Waals surface area contributed by atoms with Crippen molar-refractivity contribution in [1.82, 2.24) is 4.57 Å². The quantitative estimate of drug-likeness (QED) is 0.159. The Morgan fingerprint density at radius 1 is 0.293 bits per heavy atom. The highest BCUT2D eigenvalue weighted by Gasteiger charge is 2.35. The summed E-state index contributed by atoms with van der Waals surface area (Å²) >= 11 is 0. The molecule has 0 bridgehead atoms. The van der Waals surface area contributed by atoms with Crippen molar-refractivity contribution in [2.75, 3.05) is 0 Å². The number of fused-ring (bicyclic) bond motifs is 12. The van der Waals surface area contributed by atoms with Gasteiger partial charge in [-0.2, -0.15) is 0 Å². The number of aromatic nitrogens is 1. The normalized spacial score (nSPS) is 13.1. The van der Waals surface area contributed by atoms with E-state index in [9.17, 15) is 0 Å². The van der Waals surface area contributed by atoms with E-state index in [0.717, 1.165) is 5.69 Å². The lowest BCUT2D eigenvalue weighted by Crippen LogP contribution is -2.14. The summed E-state index contributed by atoms with van der Waals surface area (Å²) in [5.74, 6) is 0. The largest absolute Gasteiger partial charge is 0.309 e. The van der Waals surface area contributed by atoms with Crippen LogP contribution in [0.2, 0.25) is 0 Å². The van der Waals surface area contributed by atoms with E-state index in [1.54, 1.807) is 0 Å². The third-order valence-corrected chi connectivity index (χ3v) is 13.0. The molecule has 0 fully saturated rings. The molecule has 1 nitrogen and oxygen atoms in total. The van der Waals surface area contributed by atoms with Gasteiger partial charge in [0.2, 0.25) is 0 Å². The Kier molecular flexibility index (Phi) is 7.04. The minimum absolute atomic E-state index is 0.0297. The Balaban J connectivity index is 0.950. The van der Waals surface area contributed by atoms with E-state index < -0.39 is 0 Å². The van der Waals surface area contributed by atoms with Crippen LogP contribution in [0.15, 0.2) is 200 Å². The van der Waals surface area contributed by atoms with Crippen molar-refractivity contribution in [3.8, 4) is 50.2 Å². The lowest BCUT2D eigenvalue weighted by molar-refractivity contribution is 0.660. The molecule has 1 aromatic heterocycles. The fraction of sp³-hybridized carbons (Fsp3) is 0.0526. The Morgan fingerprint density at radius 3 is 1.52 bits per heavy atom. The highest BCUT2D eigenvalue weighted by molar-refractivity contribution is 6.25. The number of rotatable bonds is 4. The Bertz CT molecular complexity index is 3450. The van der Waals surface area contributed by atoms with Gasteiger partial charge in [0, 0.05) is 21.9 Å². The van der Waals surface area contributed by atoms with Crippen LogP contribution in [0.5, 0.6) is 0 Å². The minimum Gasteiger partial charge on any atom is -0.309 e. The van der Waals surface area contributed by atoms with Crippen molar-refractivity contribution in [2.45, 2.75) is 19.3 Å². The summed E-state index contributed by atoms with van der Waals surface area (Å²) in [6.07, 6.45) is 0. The van der Waals surface area contributed by atoms with E-state index >= 15 is 0 Å². The van der Waals surface area contributed by atoms with Crippen LogP contribution in [0.4, 0.5) is 0 Å². The molecule has 58 heavy (non-hydrogen) atoms. The number of benzene rings is 10. The van der Waals surface area contributed by atoms with Gasteiger partial charge in [-0.3, -0.25) is 0 Å². The van der Waals surface area contributed by atoms with Gasteiger partial charge in [0.25, 0.3) is 0 Å². The van der Waals surface area contributed by atoms with Crippen LogP contribution in [0, 0.1) is 0 Å². The van der Waals surface area contributed by atoms with Gasteiger partial charge in [-0.25, -0.2) is 0 Å². The number of hydrogen-bond donors (Lipinski definition) is 0. The van der Waals surface area contributed by atoms with Gasteiger partial charge in [0.1, 0.15) is 0 Å². The second-order valence-electron chi connectivity index (χ2n) is 16.5. The average molecular weight is 738 g/mol. The van der Waals surface area contributed by atoms with Crippen molar-refractivity contribution in [1.29, 1.82) is 0 Å². The molecular weight excluding hydrogens is 699 g/mol. The molecule has 0 saturated carbocycles. The van der Waals surface area contributed by atoms with Gasteiger partial charge >= 0.3 is 0 Å². The predicted octanol–water partition coefficient (Wildman–Crippen LogP) is 15.6. The molecule has 12 rings (SSSR count). The van der Waals surface area contributed by atoms with Gasteiger partial charge in [-0.15, -0.1) is 0 Å². The first-order valence-corrected chi connectivity index (χ1v) is 20.3. The van der Waals surface area contributed by atoms with Crippen LogP contribution in [0.3, 0.4) is 0 Å². The summed E-state index contributed by atoms with van der Waals surface area (Å²) in [5, 5.41) is 10.3. The first-order valence-electron chi connectivity index (χ1n) is 20.3. The molecule has 10 aromatic carbocycles. The first-order chi connectivity index (χ1) is 28.5. The summed E-state index contributed by atoms with van der Waals surface area (Å²) < 4.78 is 2.43. The van der Waals surface area contributed by atoms with Crippen LogP contribution in [0.1, 0.15) is 25.0 Å². The van der Waals surface area contributed by atoms with Gasteiger partial charge in [0.05, 0.1) is 11.0 Å². The highest BCUT2D eigenvalue weighted by Crippen LogP contribution is 2.49. The summed E-state index contributed by atoms with van der Waals surface area (Å²) in [4.78, 5) is 0. The second-order valence-corrected chi connectivity index (χ2v) is 16.5. The fourth-order valence-electron chi connectivity index (χ4n) is 10.1.